The van der Waals surface area contributed by atoms with E-state index in [1.54, 1.807) is 6.20 Å². The molecule has 0 unspecified atom stereocenters. The zero-order chi connectivity index (χ0) is 16.9. The maximum absolute atomic E-state index is 5.68. The number of anilines is 1. The van der Waals surface area contributed by atoms with Gasteiger partial charge in [0.2, 0.25) is 5.95 Å². The summed E-state index contributed by atoms with van der Waals surface area (Å²) in [4.78, 5) is 13.1. The molecule has 2 aromatic heterocycles. The largest absolute Gasteiger partial charge is 0.368 e. The summed E-state index contributed by atoms with van der Waals surface area (Å²) in [6.07, 6.45) is 7.32. The van der Waals surface area contributed by atoms with Gasteiger partial charge in [-0.1, -0.05) is 13.3 Å². The summed E-state index contributed by atoms with van der Waals surface area (Å²) in [5, 5.41) is 3.53. The second kappa shape index (κ2) is 7.73. The number of imidazole rings is 1. The molecule has 2 heterocycles. The van der Waals surface area contributed by atoms with Gasteiger partial charge in [-0.25, -0.2) is 9.97 Å². The van der Waals surface area contributed by atoms with Crippen LogP contribution >= 0.6 is 0 Å². The van der Waals surface area contributed by atoms with Crippen molar-refractivity contribution in [2.75, 3.05) is 12.3 Å². The number of hydrogen-bond acceptors (Lipinski definition) is 5. The third kappa shape index (κ3) is 5.16. The molecule has 0 bridgehead atoms. The minimum atomic E-state index is 0.180. The second-order valence-electron chi connectivity index (χ2n) is 7.10. The van der Waals surface area contributed by atoms with Crippen molar-refractivity contribution in [3.05, 3.63) is 12.0 Å². The summed E-state index contributed by atoms with van der Waals surface area (Å²) < 4.78 is 2.27. The topological polar surface area (TPSA) is 81.7 Å². The van der Waals surface area contributed by atoms with Crippen LogP contribution in [0.15, 0.2) is 6.20 Å². The third-order valence-electron chi connectivity index (χ3n) is 3.82. The molecule has 2 rings (SSSR count). The number of unbranched alkanes of at least 4 members (excludes halogenated alkanes) is 2. The average Bonchev–Trinajstić information content (AvgIpc) is 2.80. The molecule has 0 aliphatic heterocycles. The molecule has 2 aromatic rings. The monoisotopic (exact) mass is 318 g/mol. The zero-order valence-corrected chi connectivity index (χ0v) is 14.9. The number of nitrogens with zero attached hydrogens (tertiary/aromatic N) is 4. The first-order valence-corrected chi connectivity index (χ1v) is 8.63. The first-order chi connectivity index (χ1) is 10.9. The number of aryl methyl sites for hydroxylation is 2. The van der Waals surface area contributed by atoms with Crippen molar-refractivity contribution in [3.63, 3.8) is 0 Å². The molecule has 0 radical (unpaired) electrons. The Bertz CT molecular complexity index is 626. The Hall–Kier alpha value is -1.69. The van der Waals surface area contributed by atoms with E-state index >= 15 is 0 Å². The molecule has 0 saturated heterocycles. The normalized spacial score (nSPS) is 12.2. The lowest BCUT2D eigenvalue weighted by molar-refractivity contribution is 0.414. The van der Waals surface area contributed by atoms with Gasteiger partial charge in [-0.3, -0.25) is 0 Å². The highest BCUT2D eigenvalue weighted by atomic mass is 15.1. The molecule has 0 saturated carbocycles. The Morgan fingerprint density at radius 1 is 1.17 bits per heavy atom. The summed E-state index contributed by atoms with van der Waals surface area (Å²) >= 11 is 0. The van der Waals surface area contributed by atoms with Crippen molar-refractivity contribution in [1.82, 2.24) is 24.8 Å². The fraction of sp³-hybridized carbons (Fsp3) is 0.706. The van der Waals surface area contributed by atoms with Crippen LogP contribution in [0.4, 0.5) is 5.95 Å². The van der Waals surface area contributed by atoms with Gasteiger partial charge in [-0.15, -0.1) is 0 Å². The van der Waals surface area contributed by atoms with E-state index in [1.807, 2.05) is 0 Å². The Kier molecular flexibility index (Phi) is 5.93. The predicted octanol–water partition coefficient (Wildman–Crippen LogP) is 2.92. The van der Waals surface area contributed by atoms with Crippen molar-refractivity contribution in [1.29, 1.82) is 0 Å². The van der Waals surface area contributed by atoms with Crippen molar-refractivity contribution in [2.45, 2.75) is 71.9 Å². The van der Waals surface area contributed by atoms with Crippen LogP contribution in [0.5, 0.6) is 0 Å². The van der Waals surface area contributed by atoms with Crippen LogP contribution < -0.4 is 11.1 Å². The Labute approximate surface area is 138 Å². The molecule has 128 valence electrons. The smallest absolute Gasteiger partial charge is 0.222 e. The Morgan fingerprint density at radius 2 is 1.96 bits per heavy atom. The molecular formula is C17H30N6. The Morgan fingerprint density at radius 3 is 2.65 bits per heavy atom. The fourth-order valence-corrected chi connectivity index (χ4v) is 2.61. The van der Waals surface area contributed by atoms with Crippen molar-refractivity contribution in [3.8, 4) is 0 Å². The Balaban J connectivity index is 2.04. The minimum Gasteiger partial charge on any atom is -0.368 e. The molecule has 0 atom stereocenters. The van der Waals surface area contributed by atoms with Gasteiger partial charge in [0.1, 0.15) is 11.3 Å². The zero-order valence-electron chi connectivity index (χ0n) is 14.9. The van der Waals surface area contributed by atoms with Gasteiger partial charge < -0.3 is 15.6 Å². The number of aromatic nitrogens is 4. The lowest BCUT2D eigenvalue weighted by Crippen LogP contribution is -2.36. The lowest BCUT2D eigenvalue weighted by atomic mass is 10.1. The van der Waals surface area contributed by atoms with Crippen molar-refractivity contribution in [2.24, 2.45) is 0 Å². The van der Waals surface area contributed by atoms with Gasteiger partial charge in [0.05, 0.1) is 6.20 Å². The summed E-state index contributed by atoms with van der Waals surface area (Å²) in [6.45, 7) is 10.8. The molecule has 0 aliphatic rings. The van der Waals surface area contributed by atoms with Gasteiger partial charge >= 0.3 is 0 Å². The second-order valence-corrected chi connectivity index (χ2v) is 7.10. The van der Waals surface area contributed by atoms with Crippen molar-refractivity contribution >= 4 is 17.1 Å². The molecular weight excluding hydrogens is 288 g/mol. The van der Waals surface area contributed by atoms with E-state index in [9.17, 15) is 0 Å². The standard InChI is InChI=1S/C17H30N6/c1-5-6-9-14-21-15-13(12-19-16(18)22-15)23(14)11-8-7-10-20-17(2,3)4/h12,20H,5-11H2,1-4H3,(H2,18,19,22). The molecule has 0 aliphatic carbocycles. The first-order valence-electron chi connectivity index (χ1n) is 8.63. The number of nitrogens with two attached hydrogens (primary N) is 1. The summed E-state index contributed by atoms with van der Waals surface area (Å²) in [5.74, 6) is 1.39. The van der Waals surface area contributed by atoms with Crippen LogP contribution in [-0.2, 0) is 13.0 Å². The van der Waals surface area contributed by atoms with Crippen LogP contribution in [0, 0.1) is 0 Å². The van der Waals surface area contributed by atoms with E-state index in [2.05, 4.69) is 52.5 Å². The molecule has 3 N–H and O–H groups in total. The van der Waals surface area contributed by atoms with Crippen LogP contribution in [0.1, 0.15) is 59.2 Å². The van der Waals surface area contributed by atoms with Crippen molar-refractivity contribution < 1.29 is 0 Å². The van der Waals surface area contributed by atoms with E-state index in [4.69, 9.17) is 5.73 Å². The van der Waals surface area contributed by atoms with Gasteiger partial charge in [0, 0.05) is 18.5 Å². The molecule has 6 heteroatoms. The van der Waals surface area contributed by atoms with Gasteiger partial charge in [0.15, 0.2) is 5.65 Å². The maximum Gasteiger partial charge on any atom is 0.222 e. The van der Waals surface area contributed by atoms with Crippen LogP contribution in [0.2, 0.25) is 0 Å². The van der Waals surface area contributed by atoms with E-state index in [0.29, 0.717) is 5.95 Å². The third-order valence-corrected chi connectivity index (χ3v) is 3.82. The first kappa shape index (κ1) is 17.7. The quantitative estimate of drug-likeness (QED) is 0.731. The number of rotatable bonds is 8. The predicted molar refractivity (Wildman–Crippen MR) is 95.3 cm³/mol. The molecule has 6 nitrogen and oxygen atoms in total. The van der Waals surface area contributed by atoms with Gasteiger partial charge in [-0.2, -0.15) is 4.98 Å². The SMILES string of the molecule is CCCCc1nc2nc(N)ncc2n1CCCCNC(C)(C)C. The summed E-state index contributed by atoms with van der Waals surface area (Å²) in [7, 11) is 0. The fourth-order valence-electron chi connectivity index (χ4n) is 2.61. The summed E-state index contributed by atoms with van der Waals surface area (Å²) in [5.41, 5.74) is 7.58. The highest BCUT2D eigenvalue weighted by Crippen LogP contribution is 2.17. The number of fused-ring (bicyclic) bond motifs is 1. The number of nitrogens with one attached hydrogen (secondary N) is 1. The highest BCUT2D eigenvalue weighted by molar-refractivity contribution is 5.71. The average molecular weight is 318 g/mol. The molecule has 23 heavy (non-hydrogen) atoms. The van der Waals surface area contributed by atoms with Crippen LogP contribution in [0.3, 0.4) is 0 Å². The van der Waals surface area contributed by atoms with E-state index < -0.39 is 0 Å². The molecule has 0 spiro atoms. The maximum atomic E-state index is 5.68. The van der Waals surface area contributed by atoms with Crippen LogP contribution in [0.25, 0.3) is 11.2 Å². The molecule has 0 aromatic carbocycles. The van der Waals surface area contributed by atoms with Gasteiger partial charge in [-0.05, 0) is 46.6 Å². The molecule has 0 amide bonds. The number of hydrogen-bond donors (Lipinski definition) is 2. The van der Waals surface area contributed by atoms with E-state index in [-0.39, 0.29) is 5.54 Å². The number of nitrogen functional groups attached to an aromatic ring is 1. The van der Waals surface area contributed by atoms with E-state index in [0.717, 1.165) is 62.2 Å². The minimum absolute atomic E-state index is 0.180. The van der Waals surface area contributed by atoms with E-state index in [1.165, 1.54) is 0 Å². The van der Waals surface area contributed by atoms with Crippen LogP contribution in [-0.4, -0.2) is 31.6 Å². The highest BCUT2D eigenvalue weighted by Gasteiger charge is 2.12. The summed E-state index contributed by atoms with van der Waals surface area (Å²) in [6, 6.07) is 0. The molecule has 0 fully saturated rings. The lowest BCUT2D eigenvalue weighted by Gasteiger charge is -2.20. The van der Waals surface area contributed by atoms with Gasteiger partial charge in [0.25, 0.3) is 0 Å².